The molecule has 0 N–H and O–H groups in total. The summed E-state index contributed by atoms with van der Waals surface area (Å²) in [5.74, 6) is -1.34. The van der Waals surface area contributed by atoms with Crippen LogP contribution in [0.15, 0.2) is 42.6 Å². The molecule has 10 heteroatoms. The Balaban J connectivity index is 1.30. The van der Waals surface area contributed by atoms with E-state index < -0.39 is 5.92 Å². The van der Waals surface area contributed by atoms with Crippen LogP contribution in [-0.4, -0.2) is 95.8 Å². The molecule has 3 aliphatic heterocycles. The number of halogens is 2. The van der Waals surface area contributed by atoms with E-state index in [1.807, 2.05) is 41.0 Å². The molecule has 0 aliphatic carbocycles. The summed E-state index contributed by atoms with van der Waals surface area (Å²) in [6.45, 7) is 9.43. The predicted molar refractivity (Wildman–Crippen MR) is 155 cm³/mol. The summed E-state index contributed by atoms with van der Waals surface area (Å²) in [6.07, 6.45) is 3.24. The molecule has 220 valence electrons. The van der Waals surface area contributed by atoms with Gasteiger partial charge >= 0.3 is 0 Å². The first-order chi connectivity index (χ1) is 19.8. The molecule has 3 fully saturated rings. The number of pyridine rings is 1. The van der Waals surface area contributed by atoms with Crippen LogP contribution in [0.3, 0.4) is 0 Å². The third kappa shape index (κ3) is 6.04. The fourth-order valence-electron chi connectivity index (χ4n) is 6.09. The number of alkyl halides is 2. The normalized spacial score (nSPS) is 20.6. The quantitative estimate of drug-likeness (QED) is 0.419. The third-order valence-corrected chi connectivity index (χ3v) is 8.61. The van der Waals surface area contributed by atoms with Crippen molar-refractivity contribution in [1.29, 1.82) is 0 Å². The van der Waals surface area contributed by atoms with Gasteiger partial charge in [-0.3, -0.25) is 4.79 Å². The third-order valence-electron chi connectivity index (χ3n) is 8.61. The summed E-state index contributed by atoms with van der Waals surface area (Å²) in [4.78, 5) is 24.6. The SMILES string of the molecule is CC(C)N1CCC(Oc2ccc3c(c2)cc(C(=O)N2CCC(F)(F)CC2)n3-c2ccc(N3CCOCC3)nc2)CC1. The number of hydrogen-bond acceptors (Lipinski definition) is 6. The number of benzene rings is 1. The predicted octanol–water partition coefficient (Wildman–Crippen LogP) is 4.99. The van der Waals surface area contributed by atoms with Crippen LogP contribution >= 0.6 is 0 Å². The molecule has 0 saturated carbocycles. The largest absolute Gasteiger partial charge is 0.490 e. The van der Waals surface area contributed by atoms with Crippen molar-refractivity contribution in [3.63, 3.8) is 0 Å². The maximum absolute atomic E-state index is 13.9. The number of rotatable bonds is 6. The monoisotopic (exact) mass is 567 g/mol. The standard InChI is InChI=1S/C31H39F2N5O3/c1-22(2)35-11-7-25(8-12-35)41-26-4-5-27-23(19-26)20-28(30(39)37-13-9-31(32,33)10-14-37)38(27)24-3-6-29(34-21-24)36-15-17-40-18-16-36/h3-6,19-22,25H,7-18H2,1-2H3. The van der Waals surface area contributed by atoms with Crippen LogP contribution < -0.4 is 9.64 Å². The minimum atomic E-state index is -2.72. The fourth-order valence-corrected chi connectivity index (χ4v) is 6.09. The zero-order chi connectivity index (χ0) is 28.6. The van der Waals surface area contributed by atoms with Crippen molar-refractivity contribution in [3.8, 4) is 11.4 Å². The van der Waals surface area contributed by atoms with Crippen molar-refractivity contribution in [2.75, 3.05) is 57.4 Å². The summed E-state index contributed by atoms with van der Waals surface area (Å²) < 4.78 is 41.5. The highest BCUT2D eigenvalue weighted by Gasteiger charge is 2.36. The van der Waals surface area contributed by atoms with Gasteiger partial charge in [0.1, 0.15) is 23.4 Å². The number of carbonyl (C=O) groups is 1. The lowest BCUT2D eigenvalue weighted by atomic mass is 10.1. The van der Waals surface area contributed by atoms with Gasteiger partial charge in [-0.2, -0.15) is 0 Å². The number of aromatic nitrogens is 2. The van der Waals surface area contributed by atoms with Crippen molar-refractivity contribution in [1.82, 2.24) is 19.4 Å². The van der Waals surface area contributed by atoms with Crippen molar-refractivity contribution in [2.45, 2.75) is 57.6 Å². The van der Waals surface area contributed by atoms with Crippen LogP contribution in [0.1, 0.15) is 50.0 Å². The van der Waals surface area contributed by atoms with Gasteiger partial charge in [-0.05, 0) is 63.1 Å². The van der Waals surface area contributed by atoms with E-state index in [1.165, 1.54) is 4.90 Å². The first-order valence-corrected chi connectivity index (χ1v) is 14.8. The molecule has 3 saturated heterocycles. The van der Waals surface area contributed by atoms with Gasteiger partial charge in [-0.1, -0.05) is 0 Å². The molecule has 1 aromatic carbocycles. The van der Waals surface area contributed by atoms with Crippen LogP contribution in [-0.2, 0) is 4.74 Å². The highest BCUT2D eigenvalue weighted by Crippen LogP contribution is 2.33. The molecule has 41 heavy (non-hydrogen) atoms. The second-order valence-corrected chi connectivity index (χ2v) is 11.7. The van der Waals surface area contributed by atoms with Gasteiger partial charge in [0.2, 0.25) is 0 Å². The maximum atomic E-state index is 13.9. The summed E-state index contributed by atoms with van der Waals surface area (Å²) in [7, 11) is 0. The minimum Gasteiger partial charge on any atom is -0.490 e. The van der Waals surface area contributed by atoms with Crippen molar-refractivity contribution >= 4 is 22.6 Å². The first-order valence-electron chi connectivity index (χ1n) is 14.8. The number of hydrogen-bond donors (Lipinski definition) is 0. The number of morpholine rings is 1. The van der Waals surface area contributed by atoms with E-state index in [-0.39, 0.29) is 37.9 Å². The summed E-state index contributed by atoms with van der Waals surface area (Å²) in [5.41, 5.74) is 2.03. The summed E-state index contributed by atoms with van der Waals surface area (Å²) in [6, 6.07) is 12.2. The van der Waals surface area contributed by atoms with Crippen LogP contribution in [0.5, 0.6) is 5.75 Å². The molecule has 0 bridgehead atoms. The molecule has 0 atom stereocenters. The molecule has 8 nitrogen and oxygen atoms in total. The Morgan fingerprint density at radius 1 is 1.00 bits per heavy atom. The average Bonchev–Trinajstić information content (AvgIpc) is 3.36. The number of amides is 1. The van der Waals surface area contributed by atoms with Gasteiger partial charge in [-0.25, -0.2) is 13.8 Å². The molecule has 5 heterocycles. The van der Waals surface area contributed by atoms with Gasteiger partial charge in [-0.15, -0.1) is 0 Å². The van der Waals surface area contributed by atoms with E-state index in [0.717, 1.165) is 67.2 Å². The first kappa shape index (κ1) is 27.9. The second-order valence-electron chi connectivity index (χ2n) is 11.7. The number of nitrogens with zero attached hydrogens (tertiary/aromatic N) is 5. The molecule has 0 radical (unpaired) electrons. The lowest BCUT2D eigenvalue weighted by molar-refractivity contribution is -0.0495. The Morgan fingerprint density at radius 3 is 2.39 bits per heavy atom. The number of ether oxygens (including phenoxy) is 2. The van der Waals surface area contributed by atoms with E-state index >= 15 is 0 Å². The van der Waals surface area contributed by atoms with Gasteiger partial charge in [0.25, 0.3) is 11.8 Å². The number of piperidine rings is 2. The van der Waals surface area contributed by atoms with Crippen molar-refractivity contribution in [2.24, 2.45) is 0 Å². The van der Waals surface area contributed by atoms with E-state index in [9.17, 15) is 13.6 Å². The van der Waals surface area contributed by atoms with Crippen LogP contribution in [0.2, 0.25) is 0 Å². The van der Waals surface area contributed by atoms with E-state index in [0.29, 0.717) is 24.9 Å². The molecule has 6 rings (SSSR count). The zero-order valence-electron chi connectivity index (χ0n) is 23.9. The topological polar surface area (TPSA) is 63.1 Å². The van der Waals surface area contributed by atoms with Crippen molar-refractivity contribution < 1.29 is 23.0 Å². The fraction of sp³-hybridized carbons (Fsp3) is 0.548. The molecule has 3 aliphatic rings. The number of fused-ring (bicyclic) bond motifs is 1. The Hall–Kier alpha value is -3.24. The Morgan fingerprint density at radius 2 is 1.73 bits per heavy atom. The van der Waals surface area contributed by atoms with Gasteiger partial charge in [0.15, 0.2) is 0 Å². The molecule has 0 unspecified atom stereocenters. The summed E-state index contributed by atoms with van der Waals surface area (Å²) in [5, 5.41) is 0.866. The second kappa shape index (κ2) is 11.6. The maximum Gasteiger partial charge on any atom is 0.270 e. The van der Waals surface area contributed by atoms with E-state index in [4.69, 9.17) is 14.5 Å². The van der Waals surface area contributed by atoms with Crippen LogP contribution in [0, 0.1) is 0 Å². The van der Waals surface area contributed by atoms with Crippen molar-refractivity contribution in [3.05, 3.63) is 48.3 Å². The Bertz CT molecular complexity index is 1350. The number of likely N-dealkylation sites (tertiary alicyclic amines) is 2. The highest BCUT2D eigenvalue weighted by atomic mass is 19.3. The Kier molecular flexibility index (Phi) is 7.87. The van der Waals surface area contributed by atoms with Crippen LogP contribution in [0.25, 0.3) is 16.6 Å². The van der Waals surface area contributed by atoms with Crippen LogP contribution in [0.4, 0.5) is 14.6 Å². The smallest absolute Gasteiger partial charge is 0.270 e. The molecular formula is C31H39F2N5O3. The summed E-state index contributed by atoms with van der Waals surface area (Å²) >= 11 is 0. The van der Waals surface area contributed by atoms with Gasteiger partial charge in [0.05, 0.1) is 30.6 Å². The Labute approximate surface area is 239 Å². The van der Waals surface area contributed by atoms with E-state index in [2.05, 4.69) is 23.6 Å². The molecule has 2 aromatic heterocycles. The molecule has 3 aromatic rings. The minimum absolute atomic E-state index is 0.0328. The van der Waals surface area contributed by atoms with Gasteiger partial charge in [0, 0.05) is 63.5 Å². The zero-order valence-corrected chi connectivity index (χ0v) is 23.9. The highest BCUT2D eigenvalue weighted by molar-refractivity contribution is 6.00. The molecule has 1 amide bonds. The molecule has 0 spiro atoms. The van der Waals surface area contributed by atoms with Gasteiger partial charge < -0.3 is 28.7 Å². The van der Waals surface area contributed by atoms with E-state index in [1.54, 1.807) is 6.20 Å². The lowest BCUT2D eigenvalue weighted by Crippen LogP contribution is -2.43. The number of anilines is 1. The average molecular weight is 568 g/mol. The lowest BCUT2D eigenvalue weighted by Gasteiger charge is -2.34. The number of carbonyl (C=O) groups excluding carboxylic acids is 1. The molecular weight excluding hydrogens is 528 g/mol.